The lowest BCUT2D eigenvalue weighted by Crippen LogP contribution is -2.48. The van der Waals surface area contributed by atoms with Crippen molar-refractivity contribution in [3.63, 3.8) is 0 Å². The van der Waals surface area contributed by atoms with E-state index >= 15 is 0 Å². The Labute approximate surface area is 148 Å². The maximum atomic E-state index is 12.5. The summed E-state index contributed by atoms with van der Waals surface area (Å²) in [5.74, 6) is -0.0186. The minimum Gasteiger partial charge on any atom is -0.335 e. The maximum Gasteiger partial charge on any atom is 0.275 e. The number of nitrogens with zero attached hydrogens (tertiary/aromatic N) is 4. The zero-order chi connectivity index (χ0) is 16.4. The van der Waals surface area contributed by atoms with Crippen LogP contribution in [-0.2, 0) is 13.6 Å². The minimum absolute atomic E-state index is 0.0186. The molecule has 7 heteroatoms. The standard InChI is InChI=1S/C16H18BrClN4O/c1-20-11-13(17)15(19-20)16(23)22-8-6-21(7-9-22)10-12-4-2-3-5-14(12)18/h2-5,11H,6-10H2,1H3. The largest absolute Gasteiger partial charge is 0.335 e. The van der Waals surface area contributed by atoms with Crippen molar-refractivity contribution in [1.82, 2.24) is 19.6 Å². The number of piperazine rings is 1. The van der Waals surface area contributed by atoms with Gasteiger partial charge in [0.05, 0.1) is 4.47 Å². The van der Waals surface area contributed by atoms with E-state index in [0.29, 0.717) is 18.8 Å². The summed E-state index contributed by atoms with van der Waals surface area (Å²) < 4.78 is 2.38. The van der Waals surface area contributed by atoms with Gasteiger partial charge in [0.25, 0.3) is 5.91 Å². The molecule has 23 heavy (non-hydrogen) atoms. The number of carbonyl (C=O) groups excluding carboxylic acids is 1. The van der Waals surface area contributed by atoms with Crippen LogP contribution in [-0.4, -0.2) is 51.7 Å². The summed E-state index contributed by atoms with van der Waals surface area (Å²) in [4.78, 5) is 16.7. The molecule has 1 aromatic heterocycles. The summed E-state index contributed by atoms with van der Waals surface area (Å²) in [5.41, 5.74) is 1.61. The Morgan fingerprint density at radius 2 is 1.96 bits per heavy atom. The van der Waals surface area contributed by atoms with Crippen LogP contribution < -0.4 is 0 Å². The van der Waals surface area contributed by atoms with Crippen molar-refractivity contribution >= 4 is 33.4 Å². The van der Waals surface area contributed by atoms with Crippen LogP contribution in [0.1, 0.15) is 16.1 Å². The molecule has 0 unspecified atom stereocenters. The number of carbonyl (C=O) groups is 1. The molecule has 3 rings (SSSR count). The number of benzene rings is 1. The van der Waals surface area contributed by atoms with Gasteiger partial charge in [0, 0.05) is 51.0 Å². The predicted octanol–water partition coefficient (Wildman–Crippen LogP) is 2.79. The maximum absolute atomic E-state index is 12.5. The summed E-state index contributed by atoms with van der Waals surface area (Å²) in [7, 11) is 1.81. The summed E-state index contributed by atoms with van der Waals surface area (Å²) in [6.07, 6.45) is 1.79. The average molecular weight is 398 g/mol. The third kappa shape index (κ3) is 3.76. The molecule has 1 fully saturated rings. The molecule has 0 saturated carbocycles. The van der Waals surface area contributed by atoms with Crippen molar-refractivity contribution in [2.24, 2.45) is 7.05 Å². The van der Waals surface area contributed by atoms with E-state index in [1.54, 1.807) is 10.9 Å². The van der Waals surface area contributed by atoms with Crippen LogP contribution in [0.25, 0.3) is 0 Å². The number of aromatic nitrogens is 2. The molecule has 1 aromatic carbocycles. The highest BCUT2D eigenvalue weighted by Crippen LogP contribution is 2.20. The molecule has 0 aliphatic carbocycles. The molecule has 0 N–H and O–H groups in total. The monoisotopic (exact) mass is 396 g/mol. The molecular weight excluding hydrogens is 380 g/mol. The van der Waals surface area contributed by atoms with Crippen LogP contribution in [0.2, 0.25) is 5.02 Å². The van der Waals surface area contributed by atoms with Crippen molar-refractivity contribution in [3.8, 4) is 0 Å². The highest BCUT2D eigenvalue weighted by Gasteiger charge is 2.25. The van der Waals surface area contributed by atoms with Crippen molar-refractivity contribution in [2.45, 2.75) is 6.54 Å². The lowest BCUT2D eigenvalue weighted by atomic mass is 10.2. The van der Waals surface area contributed by atoms with E-state index in [2.05, 4.69) is 25.9 Å². The first-order valence-corrected chi connectivity index (χ1v) is 8.66. The van der Waals surface area contributed by atoms with Gasteiger partial charge in [-0.2, -0.15) is 5.10 Å². The molecular formula is C16H18BrClN4O. The fourth-order valence-electron chi connectivity index (χ4n) is 2.73. The zero-order valence-electron chi connectivity index (χ0n) is 12.9. The third-order valence-corrected chi connectivity index (χ3v) is 4.95. The SMILES string of the molecule is Cn1cc(Br)c(C(=O)N2CCN(Cc3ccccc3Cl)CC2)n1. The highest BCUT2D eigenvalue weighted by atomic mass is 79.9. The van der Waals surface area contributed by atoms with E-state index in [-0.39, 0.29) is 5.91 Å². The number of halogens is 2. The zero-order valence-corrected chi connectivity index (χ0v) is 15.2. The Morgan fingerprint density at radius 1 is 1.26 bits per heavy atom. The van der Waals surface area contributed by atoms with Crippen LogP contribution in [0.4, 0.5) is 0 Å². The molecule has 1 aliphatic heterocycles. The van der Waals surface area contributed by atoms with Gasteiger partial charge in [0.15, 0.2) is 5.69 Å². The van der Waals surface area contributed by atoms with Crippen molar-refractivity contribution in [2.75, 3.05) is 26.2 Å². The van der Waals surface area contributed by atoms with Crippen LogP contribution >= 0.6 is 27.5 Å². The first kappa shape index (κ1) is 16.5. The number of hydrogen-bond acceptors (Lipinski definition) is 3. The van der Waals surface area contributed by atoms with Gasteiger partial charge >= 0.3 is 0 Å². The lowest BCUT2D eigenvalue weighted by molar-refractivity contribution is 0.0621. The van der Waals surface area contributed by atoms with Crippen LogP contribution in [0.5, 0.6) is 0 Å². The Balaban J connectivity index is 1.59. The topological polar surface area (TPSA) is 41.4 Å². The van der Waals surface area contributed by atoms with Gasteiger partial charge in [-0.25, -0.2) is 0 Å². The van der Waals surface area contributed by atoms with E-state index in [4.69, 9.17) is 11.6 Å². The fraction of sp³-hybridized carbons (Fsp3) is 0.375. The fourth-order valence-corrected chi connectivity index (χ4v) is 3.47. The van der Waals surface area contributed by atoms with E-state index in [1.807, 2.05) is 36.2 Å². The van der Waals surface area contributed by atoms with Gasteiger partial charge in [-0.3, -0.25) is 14.4 Å². The van der Waals surface area contributed by atoms with E-state index in [9.17, 15) is 4.79 Å². The van der Waals surface area contributed by atoms with Gasteiger partial charge in [-0.15, -0.1) is 0 Å². The number of aryl methyl sites for hydroxylation is 1. The average Bonchev–Trinajstić information content (AvgIpc) is 2.88. The van der Waals surface area contributed by atoms with Crippen LogP contribution in [0, 0.1) is 0 Å². The number of amides is 1. The molecule has 0 atom stereocenters. The van der Waals surface area contributed by atoms with Gasteiger partial charge < -0.3 is 4.90 Å². The molecule has 0 bridgehead atoms. The molecule has 122 valence electrons. The van der Waals surface area contributed by atoms with Crippen LogP contribution in [0.15, 0.2) is 34.9 Å². The van der Waals surface area contributed by atoms with Gasteiger partial charge in [0.2, 0.25) is 0 Å². The van der Waals surface area contributed by atoms with Gasteiger partial charge in [-0.1, -0.05) is 29.8 Å². The highest BCUT2D eigenvalue weighted by molar-refractivity contribution is 9.10. The molecule has 1 amide bonds. The summed E-state index contributed by atoms with van der Waals surface area (Å²) >= 11 is 9.61. The molecule has 2 heterocycles. The summed E-state index contributed by atoms with van der Waals surface area (Å²) in [6.45, 7) is 3.89. The molecule has 2 aromatic rings. The van der Waals surface area contributed by atoms with Crippen molar-refractivity contribution in [3.05, 3.63) is 51.2 Å². The second kappa shape index (κ2) is 7.03. The van der Waals surface area contributed by atoms with Gasteiger partial charge in [-0.05, 0) is 27.6 Å². The van der Waals surface area contributed by atoms with E-state index < -0.39 is 0 Å². The first-order valence-electron chi connectivity index (χ1n) is 7.49. The van der Waals surface area contributed by atoms with Gasteiger partial charge in [0.1, 0.15) is 0 Å². The summed E-state index contributed by atoms with van der Waals surface area (Å²) in [6, 6.07) is 7.90. The van der Waals surface area contributed by atoms with Crippen molar-refractivity contribution < 1.29 is 4.79 Å². The quantitative estimate of drug-likeness (QED) is 0.800. The second-order valence-electron chi connectivity index (χ2n) is 5.66. The minimum atomic E-state index is -0.0186. The number of rotatable bonds is 3. The Kier molecular flexibility index (Phi) is 5.04. The molecule has 0 spiro atoms. The smallest absolute Gasteiger partial charge is 0.275 e. The molecule has 1 aliphatic rings. The molecule has 1 saturated heterocycles. The van der Waals surface area contributed by atoms with E-state index in [0.717, 1.165) is 34.7 Å². The normalized spacial score (nSPS) is 15.9. The summed E-state index contributed by atoms with van der Waals surface area (Å²) in [5, 5.41) is 5.03. The molecule has 0 radical (unpaired) electrons. The van der Waals surface area contributed by atoms with Crippen LogP contribution in [0.3, 0.4) is 0 Å². The lowest BCUT2D eigenvalue weighted by Gasteiger charge is -2.34. The Bertz CT molecular complexity index is 710. The van der Waals surface area contributed by atoms with E-state index in [1.165, 1.54) is 0 Å². The second-order valence-corrected chi connectivity index (χ2v) is 6.92. The predicted molar refractivity (Wildman–Crippen MR) is 93.5 cm³/mol. The Morgan fingerprint density at radius 3 is 2.57 bits per heavy atom. The third-order valence-electron chi connectivity index (χ3n) is 4.00. The molecule has 5 nitrogen and oxygen atoms in total. The van der Waals surface area contributed by atoms with Crippen molar-refractivity contribution in [1.29, 1.82) is 0 Å². The number of hydrogen-bond donors (Lipinski definition) is 0. The Hall–Kier alpha value is -1.37. The first-order chi connectivity index (χ1) is 11.0.